The average molecular weight is 562 g/mol. The monoisotopic (exact) mass is 560 g/mol. The second-order valence-corrected chi connectivity index (χ2v) is 17.8. The molecule has 3 rings (SSSR count). The van der Waals surface area contributed by atoms with Crippen LogP contribution < -0.4 is 0 Å². The standard InChI is InChI=1S/C34H45BrSi/c1-8-9-14-30(31-21-22-34(35)33-18-13-12-17-32(31)33)20-19-28-15-10-11-16-29(28)23-24-36(25(2)3,26(4)5)27(6)7/h12-13,17-19,21-22,25-27H,8-11,14-16H2,1-7H3. The predicted molar refractivity (Wildman–Crippen MR) is 167 cm³/mol. The van der Waals surface area contributed by atoms with Gasteiger partial charge in [0.15, 0.2) is 0 Å². The maximum atomic E-state index is 3.99. The Labute approximate surface area is 230 Å². The molecule has 0 amide bonds. The van der Waals surface area contributed by atoms with Crippen molar-refractivity contribution >= 4 is 40.3 Å². The number of halogens is 1. The Morgan fingerprint density at radius 3 is 2.19 bits per heavy atom. The molecule has 192 valence electrons. The number of hydrogen-bond donors (Lipinski definition) is 0. The third kappa shape index (κ3) is 6.37. The van der Waals surface area contributed by atoms with E-state index in [-0.39, 0.29) is 0 Å². The summed E-state index contributed by atoms with van der Waals surface area (Å²) in [6.45, 7) is 16.7. The Kier molecular flexibility index (Phi) is 10.5. The fraction of sp³-hybridized carbons (Fsp3) is 0.500. The molecule has 0 radical (unpaired) electrons. The molecule has 0 aliphatic heterocycles. The van der Waals surface area contributed by atoms with Crippen molar-refractivity contribution in [2.45, 2.75) is 110 Å². The Morgan fingerprint density at radius 2 is 1.56 bits per heavy atom. The molecule has 0 unspecified atom stereocenters. The third-order valence-electron chi connectivity index (χ3n) is 8.20. The summed E-state index contributed by atoms with van der Waals surface area (Å²) in [5.41, 5.74) is 15.2. The molecule has 0 bridgehead atoms. The van der Waals surface area contributed by atoms with Gasteiger partial charge in [-0.1, -0.05) is 107 Å². The summed E-state index contributed by atoms with van der Waals surface area (Å²) in [5.74, 6) is 3.81. The maximum Gasteiger partial charge on any atom is 0.146 e. The molecule has 0 spiro atoms. The molecule has 2 aromatic rings. The molecule has 0 nitrogen and oxygen atoms in total. The average Bonchev–Trinajstić information content (AvgIpc) is 2.85. The Morgan fingerprint density at radius 1 is 0.917 bits per heavy atom. The molecule has 0 heterocycles. The number of fused-ring (bicyclic) bond motifs is 1. The van der Waals surface area contributed by atoms with Crippen molar-refractivity contribution in [3.63, 3.8) is 0 Å². The Bertz CT molecular complexity index is 1190. The molecule has 0 saturated carbocycles. The van der Waals surface area contributed by atoms with Crippen LogP contribution in [0.1, 0.15) is 99.0 Å². The van der Waals surface area contributed by atoms with E-state index in [2.05, 4.69) is 124 Å². The van der Waals surface area contributed by atoms with E-state index in [9.17, 15) is 0 Å². The molecular formula is C34H45BrSi. The second-order valence-electron chi connectivity index (χ2n) is 11.4. The van der Waals surface area contributed by atoms with Crippen molar-refractivity contribution in [2.75, 3.05) is 0 Å². The summed E-state index contributed by atoms with van der Waals surface area (Å²) in [6, 6.07) is 13.2. The smallest absolute Gasteiger partial charge is 0.125 e. The van der Waals surface area contributed by atoms with E-state index >= 15 is 0 Å². The molecule has 2 aromatic carbocycles. The van der Waals surface area contributed by atoms with Gasteiger partial charge in [-0.05, 0) is 89.2 Å². The number of rotatable bonds is 8. The lowest BCUT2D eigenvalue weighted by Crippen LogP contribution is -2.43. The van der Waals surface area contributed by atoms with Gasteiger partial charge in [-0.25, -0.2) is 0 Å². The quantitative estimate of drug-likeness (QED) is 0.171. The van der Waals surface area contributed by atoms with Crippen LogP contribution in [0.4, 0.5) is 0 Å². The lowest BCUT2D eigenvalue weighted by Gasteiger charge is -2.38. The van der Waals surface area contributed by atoms with Crippen molar-refractivity contribution in [2.24, 2.45) is 0 Å². The van der Waals surface area contributed by atoms with Crippen molar-refractivity contribution < 1.29 is 0 Å². The van der Waals surface area contributed by atoms with Crippen molar-refractivity contribution in [1.29, 1.82) is 0 Å². The first-order chi connectivity index (χ1) is 17.2. The molecule has 0 saturated heterocycles. The van der Waals surface area contributed by atoms with Gasteiger partial charge in [0.2, 0.25) is 0 Å². The molecule has 0 atom stereocenters. The van der Waals surface area contributed by atoms with E-state index in [1.165, 1.54) is 58.7 Å². The number of allylic oxidation sites excluding steroid dienone is 3. The highest BCUT2D eigenvalue weighted by Gasteiger charge is 2.41. The minimum atomic E-state index is -1.73. The van der Waals surface area contributed by atoms with Crippen LogP contribution >= 0.6 is 15.9 Å². The predicted octanol–water partition coefficient (Wildman–Crippen LogP) is 11.4. The second kappa shape index (κ2) is 13.1. The van der Waals surface area contributed by atoms with E-state index in [0.717, 1.165) is 23.7 Å². The van der Waals surface area contributed by atoms with Gasteiger partial charge in [-0.2, -0.15) is 0 Å². The highest BCUT2D eigenvalue weighted by molar-refractivity contribution is 9.10. The number of unbranched alkanes of at least 4 members (excludes halogenated alkanes) is 1. The summed E-state index contributed by atoms with van der Waals surface area (Å²) >= 11 is 3.75. The summed E-state index contributed by atoms with van der Waals surface area (Å²) in [4.78, 5) is 0. The topological polar surface area (TPSA) is 0 Å². The van der Waals surface area contributed by atoms with E-state index in [1.54, 1.807) is 0 Å². The van der Waals surface area contributed by atoms with Gasteiger partial charge in [-0.3, -0.25) is 0 Å². The molecule has 0 fully saturated rings. The third-order valence-corrected chi connectivity index (χ3v) is 15.2. The lowest BCUT2D eigenvalue weighted by molar-refractivity contribution is 0.696. The Hall–Kier alpha value is -1.78. The van der Waals surface area contributed by atoms with Crippen LogP contribution in [0.5, 0.6) is 0 Å². The van der Waals surface area contributed by atoms with Gasteiger partial charge in [0.05, 0.1) is 0 Å². The fourth-order valence-corrected chi connectivity index (χ4v) is 11.9. The zero-order valence-corrected chi connectivity index (χ0v) is 26.2. The molecule has 0 aromatic heterocycles. The minimum Gasteiger partial charge on any atom is -0.125 e. The first-order valence-corrected chi connectivity index (χ1v) is 17.1. The lowest BCUT2D eigenvalue weighted by atomic mass is 9.91. The van der Waals surface area contributed by atoms with Crippen LogP contribution in [0.15, 0.2) is 63.8 Å². The molecule has 0 N–H and O–H groups in total. The van der Waals surface area contributed by atoms with Crippen LogP contribution in [-0.4, -0.2) is 8.07 Å². The molecule has 36 heavy (non-hydrogen) atoms. The molecular weight excluding hydrogens is 516 g/mol. The number of hydrogen-bond acceptors (Lipinski definition) is 0. The number of benzene rings is 2. The Balaban J connectivity index is 2.14. The van der Waals surface area contributed by atoms with Crippen LogP contribution in [0.25, 0.3) is 16.3 Å². The summed E-state index contributed by atoms with van der Waals surface area (Å²) in [6.07, 6.45) is 10.5. The van der Waals surface area contributed by atoms with Gasteiger partial charge < -0.3 is 0 Å². The fourth-order valence-electron chi connectivity index (χ4n) is 6.19. The van der Waals surface area contributed by atoms with Crippen LogP contribution in [0.3, 0.4) is 0 Å². The summed E-state index contributed by atoms with van der Waals surface area (Å²) in [5, 5.41) is 2.57. The largest absolute Gasteiger partial charge is 0.146 e. The van der Waals surface area contributed by atoms with Gasteiger partial charge in [0.25, 0.3) is 0 Å². The molecule has 1 aliphatic rings. The van der Waals surface area contributed by atoms with E-state index < -0.39 is 8.07 Å². The van der Waals surface area contributed by atoms with E-state index in [4.69, 9.17) is 0 Å². The van der Waals surface area contributed by atoms with E-state index in [0.29, 0.717) is 16.6 Å². The minimum absolute atomic E-state index is 0.666. The zero-order valence-electron chi connectivity index (χ0n) is 23.6. The molecule has 1 aliphatic carbocycles. The first kappa shape index (κ1) is 28.8. The van der Waals surface area contributed by atoms with Crippen molar-refractivity contribution in [3.8, 4) is 11.5 Å². The summed E-state index contributed by atoms with van der Waals surface area (Å²) in [7, 11) is -1.73. The van der Waals surface area contributed by atoms with Crippen molar-refractivity contribution in [1.82, 2.24) is 0 Å². The van der Waals surface area contributed by atoms with Gasteiger partial charge in [0, 0.05) is 15.6 Å². The van der Waals surface area contributed by atoms with Gasteiger partial charge in [-0.15, -0.1) is 11.3 Å². The maximum absolute atomic E-state index is 3.99. The van der Waals surface area contributed by atoms with Crippen molar-refractivity contribution in [3.05, 3.63) is 69.4 Å². The van der Waals surface area contributed by atoms with Crippen LogP contribution in [-0.2, 0) is 0 Å². The first-order valence-electron chi connectivity index (χ1n) is 14.1. The normalized spacial score (nSPS) is 14.3. The SMILES string of the molecule is CCCCC(=C=CC1=C(C#C[Si](C(C)C)(C(C)C)C(C)C)CCCC1)c1ccc(Br)c2ccccc12. The van der Waals surface area contributed by atoms with Crippen LogP contribution in [0.2, 0.25) is 16.6 Å². The molecule has 2 heteroatoms. The van der Waals surface area contributed by atoms with E-state index in [1.807, 2.05) is 0 Å². The van der Waals surface area contributed by atoms with Gasteiger partial charge in [0.1, 0.15) is 8.07 Å². The van der Waals surface area contributed by atoms with Crippen LogP contribution in [0, 0.1) is 11.5 Å². The van der Waals surface area contributed by atoms with Gasteiger partial charge >= 0.3 is 0 Å². The summed E-state index contributed by atoms with van der Waals surface area (Å²) < 4.78 is 1.15. The highest BCUT2D eigenvalue weighted by atomic mass is 79.9. The zero-order chi connectivity index (χ0) is 26.3. The highest BCUT2D eigenvalue weighted by Crippen LogP contribution is 2.41.